The van der Waals surface area contributed by atoms with E-state index in [1.807, 2.05) is 7.05 Å². The van der Waals surface area contributed by atoms with Crippen LogP contribution in [0.2, 0.25) is 0 Å². The molecule has 2 rings (SSSR count). The lowest BCUT2D eigenvalue weighted by molar-refractivity contribution is 0.650. The summed E-state index contributed by atoms with van der Waals surface area (Å²) in [5, 5.41) is 4.48. The molecule has 2 aromatic rings. The molecule has 1 aromatic heterocycles. The summed E-state index contributed by atoms with van der Waals surface area (Å²) < 4.78 is 2.33. The first-order valence-electron chi connectivity index (χ1n) is 5.62. The molecule has 0 aliphatic carbocycles. The van der Waals surface area contributed by atoms with Gasteiger partial charge in [-0.05, 0) is 30.7 Å². The predicted molar refractivity (Wildman–Crippen MR) is 66.4 cm³/mol. The summed E-state index contributed by atoms with van der Waals surface area (Å²) in [5.74, 6) is 0. The summed E-state index contributed by atoms with van der Waals surface area (Å²) in [4.78, 5) is 0. The Morgan fingerprint density at radius 3 is 2.87 bits per heavy atom. The van der Waals surface area contributed by atoms with Gasteiger partial charge in [-0.2, -0.15) is 0 Å². The average molecular weight is 202 g/mol. The van der Waals surface area contributed by atoms with Crippen LogP contribution in [0.3, 0.4) is 0 Å². The fraction of sp³-hybridized carbons (Fsp3) is 0.385. The van der Waals surface area contributed by atoms with Gasteiger partial charge in [-0.3, -0.25) is 0 Å². The zero-order valence-corrected chi connectivity index (χ0v) is 9.46. The zero-order chi connectivity index (χ0) is 10.7. The van der Waals surface area contributed by atoms with Crippen molar-refractivity contribution >= 4 is 16.6 Å². The second kappa shape index (κ2) is 4.39. The number of rotatable bonds is 4. The van der Waals surface area contributed by atoms with E-state index in [2.05, 4.69) is 47.3 Å². The number of fused-ring (bicyclic) bond motifs is 1. The van der Waals surface area contributed by atoms with Crippen molar-refractivity contribution in [3.8, 4) is 0 Å². The topological polar surface area (TPSA) is 17.0 Å². The van der Waals surface area contributed by atoms with E-state index >= 15 is 0 Å². The molecular weight excluding hydrogens is 184 g/mol. The monoisotopic (exact) mass is 202 g/mol. The van der Waals surface area contributed by atoms with Crippen LogP contribution in [-0.2, 0) is 6.54 Å². The van der Waals surface area contributed by atoms with Gasteiger partial charge in [0.2, 0.25) is 0 Å². The molecule has 2 nitrogen and oxygen atoms in total. The number of unbranched alkanes of at least 4 members (excludes halogenated alkanes) is 1. The van der Waals surface area contributed by atoms with Gasteiger partial charge >= 0.3 is 0 Å². The molecule has 0 aliphatic heterocycles. The molecule has 80 valence electrons. The summed E-state index contributed by atoms with van der Waals surface area (Å²) in [5.41, 5.74) is 2.51. The van der Waals surface area contributed by atoms with Crippen LogP contribution in [-0.4, -0.2) is 11.6 Å². The second-order valence-corrected chi connectivity index (χ2v) is 3.89. The SMILES string of the molecule is CCCCn1ccc2cc(NC)ccc21. The number of anilines is 1. The van der Waals surface area contributed by atoms with Crippen molar-refractivity contribution in [2.45, 2.75) is 26.3 Å². The number of hydrogen-bond donors (Lipinski definition) is 1. The largest absolute Gasteiger partial charge is 0.388 e. The summed E-state index contributed by atoms with van der Waals surface area (Å²) in [6, 6.07) is 8.70. The van der Waals surface area contributed by atoms with Crippen molar-refractivity contribution in [3.63, 3.8) is 0 Å². The highest BCUT2D eigenvalue weighted by Gasteiger charge is 2.00. The Morgan fingerprint density at radius 1 is 1.27 bits per heavy atom. The molecule has 2 heteroatoms. The molecule has 0 spiro atoms. The van der Waals surface area contributed by atoms with Crippen LogP contribution in [0.1, 0.15) is 19.8 Å². The van der Waals surface area contributed by atoms with Crippen LogP contribution in [0.5, 0.6) is 0 Å². The standard InChI is InChI=1S/C13H18N2/c1-3-4-8-15-9-7-11-10-12(14-2)5-6-13(11)15/h5-7,9-10,14H,3-4,8H2,1-2H3. The van der Waals surface area contributed by atoms with Crippen LogP contribution in [0.4, 0.5) is 5.69 Å². The molecule has 0 saturated carbocycles. The van der Waals surface area contributed by atoms with Gasteiger partial charge in [0, 0.05) is 36.4 Å². The molecule has 1 aromatic carbocycles. The fourth-order valence-corrected chi connectivity index (χ4v) is 1.88. The van der Waals surface area contributed by atoms with Crippen molar-refractivity contribution in [2.75, 3.05) is 12.4 Å². The molecule has 0 unspecified atom stereocenters. The molecule has 0 radical (unpaired) electrons. The van der Waals surface area contributed by atoms with Gasteiger partial charge in [-0.1, -0.05) is 13.3 Å². The molecule has 15 heavy (non-hydrogen) atoms. The zero-order valence-electron chi connectivity index (χ0n) is 9.46. The first kappa shape index (κ1) is 10.1. The number of benzene rings is 1. The fourth-order valence-electron chi connectivity index (χ4n) is 1.88. The minimum Gasteiger partial charge on any atom is -0.388 e. The smallest absolute Gasteiger partial charge is 0.0481 e. The highest BCUT2D eigenvalue weighted by molar-refractivity contribution is 5.83. The van der Waals surface area contributed by atoms with Crippen molar-refractivity contribution in [2.24, 2.45) is 0 Å². The maximum Gasteiger partial charge on any atom is 0.0481 e. The van der Waals surface area contributed by atoms with Crippen LogP contribution >= 0.6 is 0 Å². The van der Waals surface area contributed by atoms with E-state index in [1.54, 1.807) is 0 Å². The summed E-state index contributed by atoms with van der Waals surface area (Å²) in [6.45, 7) is 3.35. The van der Waals surface area contributed by atoms with E-state index in [9.17, 15) is 0 Å². The summed E-state index contributed by atoms with van der Waals surface area (Å²) >= 11 is 0. The van der Waals surface area contributed by atoms with E-state index in [0.29, 0.717) is 0 Å². The van der Waals surface area contributed by atoms with Crippen molar-refractivity contribution in [3.05, 3.63) is 30.5 Å². The van der Waals surface area contributed by atoms with E-state index in [1.165, 1.54) is 29.4 Å². The van der Waals surface area contributed by atoms with Crippen LogP contribution in [0.15, 0.2) is 30.5 Å². The van der Waals surface area contributed by atoms with Gasteiger partial charge in [-0.25, -0.2) is 0 Å². The highest BCUT2D eigenvalue weighted by Crippen LogP contribution is 2.20. The third-order valence-corrected chi connectivity index (χ3v) is 2.81. The van der Waals surface area contributed by atoms with Crippen LogP contribution < -0.4 is 5.32 Å². The number of nitrogens with zero attached hydrogens (tertiary/aromatic N) is 1. The number of aryl methyl sites for hydroxylation is 1. The lowest BCUT2D eigenvalue weighted by atomic mass is 10.2. The third kappa shape index (κ3) is 1.99. The number of nitrogens with one attached hydrogen (secondary N) is 1. The normalized spacial score (nSPS) is 10.8. The first-order chi connectivity index (χ1) is 7.35. The quantitative estimate of drug-likeness (QED) is 0.803. The molecule has 0 aliphatic rings. The average Bonchev–Trinajstić information content (AvgIpc) is 2.68. The Hall–Kier alpha value is -1.44. The molecule has 0 bridgehead atoms. The third-order valence-electron chi connectivity index (χ3n) is 2.81. The van der Waals surface area contributed by atoms with Gasteiger partial charge in [0.1, 0.15) is 0 Å². The molecule has 0 saturated heterocycles. The Bertz CT molecular complexity index is 443. The van der Waals surface area contributed by atoms with Crippen LogP contribution in [0, 0.1) is 0 Å². The van der Waals surface area contributed by atoms with Gasteiger partial charge < -0.3 is 9.88 Å². The summed E-state index contributed by atoms with van der Waals surface area (Å²) in [6.07, 6.45) is 4.67. The lowest BCUT2D eigenvalue weighted by Crippen LogP contribution is -1.95. The highest BCUT2D eigenvalue weighted by atomic mass is 14.9. The predicted octanol–water partition coefficient (Wildman–Crippen LogP) is 3.48. The van der Waals surface area contributed by atoms with E-state index in [0.717, 1.165) is 6.54 Å². The van der Waals surface area contributed by atoms with Crippen molar-refractivity contribution < 1.29 is 0 Å². The second-order valence-electron chi connectivity index (χ2n) is 3.89. The Morgan fingerprint density at radius 2 is 2.13 bits per heavy atom. The maximum absolute atomic E-state index is 3.16. The molecule has 1 heterocycles. The molecule has 0 atom stereocenters. The summed E-state index contributed by atoms with van der Waals surface area (Å²) in [7, 11) is 1.95. The van der Waals surface area contributed by atoms with Gasteiger partial charge in [0.25, 0.3) is 0 Å². The molecular formula is C13H18N2. The first-order valence-corrected chi connectivity index (χ1v) is 5.62. The van der Waals surface area contributed by atoms with Crippen molar-refractivity contribution in [1.29, 1.82) is 0 Å². The Labute approximate surface area is 90.9 Å². The number of hydrogen-bond acceptors (Lipinski definition) is 1. The molecule has 0 amide bonds. The van der Waals surface area contributed by atoms with E-state index in [4.69, 9.17) is 0 Å². The van der Waals surface area contributed by atoms with E-state index < -0.39 is 0 Å². The van der Waals surface area contributed by atoms with Gasteiger partial charge in [0.05, 0.1) is 0 Å². The van der Waals surface area contributed by atoms with Crippen LogP contribution in [0.25, 0.3) is 10.9 Å². The van der Waals surface area contributed by atoms with E-state index in [-0.39, 0.29) is 0 Å². The lowest BCUT2D eigenvalue weighted by Gasteiger charge is -2.05. The minimum atomic E-state index is 1.12. The number of aromatic nitrogens is 1. The Balaban J connectivity index is 2.34. The van der Waals surface area contributed by atoms with Crippen molar-refractivity contribution in [1.82, 2.24) is 4.57 Å². The maximum atomic E-state index is 3.16. The molecule has 0 fully saturated rings. The van der Waals surface area contributed by atoms with Gasteiger partial charge in [-0.15, -0.1) is 0 Å². The molecule has 1 N–H and O–H groups in total. The Kier molecular flexibility index (Phi) is 2.95. The van der Waals surface area contributed by atoms with Gasteiger partial charge in [0.15, 0.2) is 0 Å². The minimum absolute atomic E-state index is 1.12.